The number of rotatable bonds is 3. The van der Waals surface area contributed by atoms with Crippen LogP contribution >= 0.6 is 24.0 Å². The van der Waals surface area contributed by atoms with Gasteiger partial charge in [-0.25, -0.2) is 0 Å². The molecule has 0 amide bonds. The van der Waals surface area contributed by atoms with Gasteiger partial charge in [-0.3, -0.25) is 4.99 Å². The minimum atomic E-state index is 0. The Kier molecular flexibility index (Phi) is 8.06. The third-order valence-electron chi connectivity index (χ3n) is 4.25. The predicted octanol–water partition coefficient (Wildman–Crippen LogP) is 2.14. The highest BCUT2D eigenvalue weighted by atomic mass is 127. The SMILES string of the molecule is CC1CCN(C(N)=NCCN2CCCCC2)CC1.I. The fourth-order valence-corrected chi connectivity index (χ4v) is 2.83. The largest absolute Gasteiger partial charge is 0.370 e. The Morgan fingerprint density at radius 2 is 1.74 bits per heavy atom. The zero-order chi connectivity index (χ0) is 12.8. The van der Waals surface area contributed by atoms with Crippen LogP contribution < -0.4 is 5.73 Å². The molecule has 0 atom stereocenters. The molecule has 0 unspecified atom stereocenters. The van der Waals surface area contributed by atoms with E-state index in [0.29, 0.717) is 0 Å². The Hall–Kier alpha value is -0.0400. The van der Waals surface area contributed by atoms with Crippen LogP contribution in [0.15, 0.2) is 4.99 Å². The lowest BCUT2D eigenvalue weighted by Crippen LogP contribution is -2.43. The van der Waals surface area contributed by atoms with Crippen molar-refractivity contribution in [1.29, 1.82) is 0 Å². The van der Waals surface area contributed by atoms with Crippen LogP contribution in [0.5, 0.6) is 0 Å². The zero-order valence-corrected chi connectivity index (χ0v) is 14.5. The van der Waals surface area contributed by atoms with Gasteiger partial charge in [-0.1, -0.05) is 13.3 Å². The number of likely N-dealkylation sites (tertiary alicyclic amines) is 2. The van der Waals surface area contributed by atoms with Crippen LogP contribution in [0.3, 0.4) is 0 Å². The summed E-state index contributed by atoms with van der Waals surface area (Å²) in [5, 5.41) is 0. The van der Waals surface area contributed by atoms with Crippen LogP contribution in [0, 0.1) is 5.92 Å². The normalized spacial score (nSPS) is 23.2. The Morgan fingerprint density at radius 1 is 1.11 bits per heavy atom. The molecule has 2 heterocycles. The molecule has 2 aliphatic heterocycles. The van der Waals surface area contributed by atoms with E-state index < -0.39 is 0 Å². The number of halogens is 1. The maximum atomic E-state index is 6.07. The highest BCUT2D eigenvalue weighted by Gasteiger charge is 2.17. The van der Waals surface area contributed by atoms with Gasteiger partial charge in [0.25, 0.3) is 0 Å². The molecule has 0 aromatic heterocycles. The van der Waals surface area contributed by atoms with Gasteiger partial charge in [0.1, 0.15) is 0 Å². The number of piperidine rings is 2. The molecule has 0 bridgehead atoms. The second kappa shape index (κ2) is 9.00. The summed E-state index contributed by atoms with van der Waals surface area (Å²) >= 11 is 0. The van der Waals surface area contributed by atoms with E-state index in [-0.39, 0.29) is 24.0 Å². The highest BCUT2D eigenvalue weighted by Crippen LogP contribution is 2.15. The smallest absolute Gasteiger partial charge is 0.191 e. The van der Waals surface area contributed by atoms with E-state index in [1.54, 1.807) is 0 Å². The molecular formula is C14H29IN4. The zero-order valence-electron chi connectivity index (χ0n) is 12.2. The Balaban J connectivity index is 0.00000180. The topological polar surface area (TPSA) is 44.9 Å². The van der Waals surface area contributed by atoms with Crippen molar-refractivity contribution in [3.63, 3.8) is 0 Å². The summed E-state index contributed by atoms with van der Waals surface area (Å²) in [6, 6.07) is 0. The minimum Gasteiger partial charge on any atom is -0.370 e. The van der Waals surface area contributed by atoms with Gasteiger partial charge < -0.3 is 15.5 Å². The first-order chi connectivity index (χ1) is 8.75. The molecule has 0 spiro atoms. The molecule has 2 saturated heterocycles. The summed E-state index contributed by atoms with van der Waals surface area (Å²) in [5.74, 6) is 1.61. The number of guanidine groups is 1. The number of nitrogens with two attached hydrogens (primary N) is 1. The van der Waals surface area contributed by atoms with E-state index in [1.165, 1.54) is 45.2 Å². The lowest BCUT2D eigenvalue weighted by atomic mass is 10.00. The van der Waals surface area contributed by atoms with Gasteiger partial charge in [0, 0.05) is 19.6 Å². The molecule has 112 valence electrons. The average Bonchev–Trinajstić information content (AvgIpc) is 2.40. The van der Waals surface area contributed by atoms with Crippen molar-refractivity contribution in [1.82, 2.24) is 9.80 Å². The first-order valence-corrected chi connectivity index (χ1v) is 7.53. The van der Waals surface area contributed by atoms with Gasteiger partial charge in [-0.05, 0) is 44.7 Å². The fraction of sp³-hybridized carbons (Fsp3) is 0.929. The number of hydrogen-bond acceptors (Lipinski definition) is 2. The number of hydrogen-bond donors (Lipinski definition) is 1. The van der Waals surface area contributed by atoms with Crippen molar-refractivity contribution >= 4 is 29.9 Å². The van der Waals surface area contributed by atoms with Crippen molar-refractivity contribution in [3.8, 4) is 0 Å². The standard InChI is InChI=1S/C14H28N4.HI/c1-13-5-10-18(11-6-13)14(15)16-7-12-17-8-3-2-4-9-17;/h13H,2-12H2,1H3,(H2,15,16);1H. The molecule has 0 aliphatic carbocycles. The van der Waals surface area contributed by atoms with Crippen molar-refractivity contribution in [2.45, 2.75) is 39.0 Å². The molecule has 5 heteroatoms. The fourth-order valence-electron chi connectivity index (χ4n) is 2.83. The Labute approximate surface area is 134 Å². The number of nitrogens with zero attached hydrogens (tertiary/aromatic N) is 3. The summed E-state index contributed by atoms with van der Waals surface area (Å²) in [4.78, 5) is 9.30. The summed E-state index contributed by atoms with van der Waals surface area (Å²) < 4.78 is 0. The molecule has 0 radical (unpaired) electrons. The maximum absolute atomic E-state index is 6.07. The Morgan fingerprint density at radius 3 is 2.37 bits per heavy atom. The lowest BCUT2D eigenvalue weighted by Gasteiger charge is -2.31. The van der Waals surface area contributed by atoms with Gasteiger partial charge in [0.15, 0.2) is 5.96 Å². The summed E-state index contributed by atoms with van der Waals surface area (Å²) in [7, 11) is 0. The van der Waals surface area contributed by atoms with E-state index >= 15 is 0 Å². The van der Waals surface area contributed by atoms with E-state index in [2.05, 4.69) is 21.7 Å². The van der Waals surface area contributed by atoms with E-state index in [4.69, 9.17) is 5.73 Å². The third kappa shape index (κ3) is 5.85. The molecule has 0 saturated carbocycles. The van der Waals surface area contributed by atoms with Crippen LogP contribution in [0.2, 0.25) is 0 Å². The lowest BCUT2D eigenvalue weighted by molar-refractivity contribution is 0.234. The summed E-state index contributed by atoms with van der Waals surface area (Å²) in [6.07, 6.45) is 6.60. The molecule has 2 fully saturated rings. The van der Waals surface area contributed by atoms with E-state index in [9.17, 15) is 0 Å². The van der Waals surface area contributed by atoms with Gasteiger partial charge in [0.2, 0.25) is 0 Å². The summed E-state index contributed by atoms with van der Waals surface area (Å²) in [6.45, 7) is 8.91. The van der Waals surface area contributed by atoms with Gasteiger partial charge >= 0.3 is 0 Å². The van der Waals surface area contributed by atoms with E-state index in [0.717, 1.165) is 38.1 Å². The van der Waals surface area contributed by atoms with Crippen LogP contribution in [0.4, 0.5) is 0 Å². The van der Waals surface area contributed by atoms with Gasteiger partial charge in [0.05, 0.1) is 6.54 Å². The second-order valence-corrected chi connectivity index (χ2v) is 5.81. The molecule has 0 aromatic carbocycles. The van der Waals surface area contributed by atoms with Crippen LogP contribution in [0.1, 0.15) is 39.0 Å². The van der Waals surface area contributed by atoms with Gasteiger partial charge in [-0.2, -0.15) is 0 Å². The molecular weight excluding hydrogens is 351 g/mol. The Bertz CT molecular complexity index is 269. The first-order valence-electron chi connectivity index (χ1n) is 7.53. The first kappa shape index (κ1) is 17.0. The molecule has 19 heavy (non-hydrogen) atoms. The third-order valence-corrected chi connectivity index (χ3v) is 4.25. The van der Waals surface area contributed by atoms with Crippen molar-refractivity contribution in [2.24, 2.45) is 16.6 Å². The van der Waals surface area contributed by atoms with E-state index in [1.807, 2.05) is 0 Å². The second-order valence-electron chi connectivity index (χ2n) is 5.81. The summed E-state index contributed by atoms with van der Waals surface area (Å²) in [5.41, 5.74) is 6.07. The molecule has 2 N–H and O–H groups in total. The van der Waals surface area contributed by atoms with Crippen LogP contribution in [-0.4, -0.2) is 55.0 Å². The predicted molar refractivity (Wildman–Crippen MR) is 92.2 cm³/mol. The molecule has 4 nitrogen and oxygen atoms in total. The van der Waals surface area contributed by atoms with Gasteiger partial charge in [-0.15, -0.1) is 24.0 Å². The molecule has 0 aromatic rings. The van der Waals surface area contributed by atoms with Crippen LogP contribution in [-0.2, 0) is 0 Å². The quantitative estimate of drug-likeness (QED) is 0.464. The van der Waals surface area contributed by atoms with Crippen LogP contribution in [0.25, 0.3) is 0 Å². The van der Waals surface area contributed by atoms with Crippen molar-refractivity contribution in [2.75, 3.05) is 39.3 Å². The maximum Gasteiger partial charge on any atom is 0.191 e. The van der Waals surface area contributed by atoms with Crippen molar-refractivity contribution in [3.05, 3.63) is 0 Å². The molecule has 2 rings (SSSR count). The molecule has 2 aliphatic rings. The average molecular weight is 380 g/mol. The monoisotopic (exact) mass is 380 g/mol. The minimum absolute atomic E-state index is 0. The number of aliphatic imine (C=N–C) groups is 1. The van der Waals surface area contributed by atoms with Crippen molar-refractivity contribution < 1.29 is 0 Å². The highest BCUT2D eigenvalue weighted by molar-refractivity contribution is 14.0.